The van der Waals surface area contributed by atoms with Crippen LogP contribution in [0.25, 0.3) is 0 Å². The lowest BCUT2D eigenvalue weighted by atomic mass is 10.1. The van der Waals surface area contributed by atoms with Crippen LogP contribution in [0.1, 0.15) is 19.3 Å². The summed E-state index contributed by atoms with van der Waals surface area (Å²) in [5.74, 6) is -0.555. The van der Waals surface area contributed by atoms with Gasteiger partial charge in [0.25, 0.3) is 0 Å². The molecule has 0 radical (unpaired) electrons. The molecule has 0 bridgehead atoms. The van der Waals surface area contributed by atoms with Gasteiger partial charge in [-0.05, 0) is 12.8 Å². The van der Waals surface area contributed by atoms with E-state index >= 15 is 0 Å². The predicted octanol–water partition coefficient (Wildman–Crippen LogP) is -0.860. The average molecular weight is 142 g/mol. The summed E-state index contributed by atoms with van der Waals surface area (Å²) in [4.78, 5) is 21.4. The number of nitrogens with one attached hydrogen (secondary N) is 1. The third-order valence-electron chi connectivity index (χ3n) is 1.52. The number of rotatable bonds is 0. The molecule has 1 unspecified atom stereocenters. The first-order valence-corrected chi connectivity index (χ1v) is 3.29. The van der Waals surface area contributed by atoms with Gasteiger partial charge in [-0.3, -0.25) is 14.9 Å². The van der Waals surface area contributed by atoms with E-state index in [1.165, 1.54) is 0 Å². The van der Waals surface area contributed by atoms with Crippen LogP contribution in [-0.4, -0.2) is 17.9 Å². The van der Waals surface area contributed by atoms with Crippen molar-refractivity contribution in [2.75, 3.05) is 0 Å². The summed E-state index contributed by atoms with van der Waals surface area (Å²) in [7, 11) is 0. The van der Waals surface area contributed by atoms with Crippen molar-refractivity contribution in [2.45, 2.75) is 25.3 Å². The first-order valence-electron chi connectivity index (χ1n) is 3.29. The molecule has 1 aliphatic heterocycles. The van der Waals surface area contributed by atoms with Crippen molar-refractivity contribution in [2.24, 2.45) is 5.73 Å². The minimum Gasteiger partial charge on any atom is -0.320 e. The molecule has 0 aromatic rings. The van der Waals surface area contributed by atoms with Crippen LogP contribution >= 0.6 is 0 Å². The SMILES string of the molecule is NC1CCCC(=O)NC1=O. The van der Waals surface area contributed by atoms with E-state index in [9.17, 15) is 9.59 Å². The molecule has 1 saturated heterocycles. The number of nitrogens with two attached hydrogens (primary N) is 1. The molecule has 4 nitrogen and oxygen atoms in total. The molecule has 0 aliphatic carbocycles. The lowest BCUT2D eigenvalue weighted by Crippen LogP contribution is -2.40. The Balaban J connectivity index is 2.57. The quantitative estimate of drug-likeness (QED) is 0.432. The zero-order valence-electron chi connectivity index (χ0n) is 5.59. The third kappa shape index (κ3) is 1.54. The summed E-state index contributed by atoms with van der Waals surface area (Å²) in [6.45, 7) is 0. The van der Waals surface area contributed by atoms with Gasteiger partial charge >= 0.3 is 0 Å². The van der Waals surface area contributed by atoms with Crippen molar-refractivity contribution in [3.8, 4) is 0 Å². The molecule has 10 heavy (non-hydrogen) atoms. The molecule has 0 aromatic heterocycles. The number of carbonyl (C=O) groups is 2. The lowest BCUT2D eigenvalue weighted by Gasteiger charge is -2.03. The van der Waals surface area contributed by atoms with Crippen LogP contribution in [0.15, 0.2) is 0 Å². The van der Waals surface area contributed by atoms with Crippen molar-refractivity contribution < 1.29 is 9.59 Å². The summed E-state index contributed by atoms with van der Waals surface area (Å²) in [6.07, 6.45) is 1.73. The highest BCUT2D eigenvalue weighted by Gasteiger charge is 2.19. The van der Waals surface area contributed by atoms with Crippen molar-refractivity contribution in [1.82, 2.24) is 5.32 Å². The van der Waals surface area contributed by atoms with E-state index in [1.54, 1.807) is 0 Å². The van der Waals surface area contributed by atoms with Crippen LogP contribution in [0, 0.1) is 0 Å². The fourth-order valence-electron chi connectivity index (χ4n) is 0.906. The van der Waals surface area contributed by atoms with Crippen LogP contribution < -0.4 is 11.1 Å². The molecule has 1 atom stereocenters. The summed E-state index contributed by atoms with van der Waals surface area (Å²) in [6, 6.07) is -0.494. The third-order valence-corrected chi connectivity index (χ3v) is 1.52. The van der Waals surface area contributed by atoms with E-state index in [1.807, 2.05) is 0 Å². The van der Waals surface area contributed by atoms with Crippen LogP contribution in [0.3, 0.4) is 0 Å². The Hall–Kier alpha value is -0.900. The van der Waals surface area contributed by atoms with E-state index in [2.05, 4.69) is 5.32 Å². The second kappa shape index (κ2) is 2.79. The Labute approximate surface area is 58.8 Å². The Morgan fingerprint density at radius 1 is 1.50 bits per heavy atom. The summed E-state index contributed by atoms with van der Waals surface area (Å²) < 4.78 is 0. The normalized spacial score (nSPS) is 27.5. The number of hydrogen-bond acceptors (Lipinski definition) is 3. The topological polar surface area (TPSA) is 72.2 Å². The molecule has 0 saturated carbocycles. The van der Waals surface area contributed by atoms with E-state index < -0.39 is 6.04 Å². The van der Waals surface area contributed by atoms with Crippen LogP contribution in [0.2, 0.25) is 0 Å². The van der Waals surface area contributed by atoms with Gasteiger partial charge in [-0.25, -0.2) is 0 Å². The second-order valence-corrected chi connectivity index (χ2v) is 2.41. The zero-order valence-corrected chi connectivity index (χ0v) is 5.59. The Morgan fingerprint density at radius 3 is 2.90 bits per heavy atom. The monoisotopic (exact) mass is 142 g/mol. The van der Waals surface area contributed by atoms with Gasteiger partial charge in [0.15, 0.2) is 0 Å². The molecular weight excluding hydrogens is 132 g/mol. The van der Waals surface area contributed by atoms with Crippen molar-refractivity contribution >= 4 is 11.8 Å². The number of hydrogen-bond donors (Lipinski definition) is 2. The Morgan fingerprint density at radius 2 is 2.20 bits per heavy atom. The number of imide groups is 1. The minimum atomic E-state index is -0.494. The maximum atomic E-state index is 10.8. The van der Waals surface area contributed by atoms with Gasteiger partial charge in [0.05, 0.1) is 6.04 Å². The smallest absolute Gasteiger partial charge is 0.243 e. The maximum absolute atomic E-state index is 10.8. The number of amides is 2. The summed E-state index contributed by atoms with van der Waals surface area (Å²) >= 11 is 0. The Kier molecular flexibility index (Phi) is 2.01. The molecule has 1 heterocycles. The van der Waals surface area contributed by atoms with Gasteiger partial charge < -0.3 is 5.73 Å². The van der Waals surface area contributed by atoms with Gasteiger partial charge in [0.1, 0.15) is 0 Å². The van der Waals surface area contributed by atoms with Gasteiger partial charge in [0, 0.05) is 6.42 Å². The van der Waals surface area contributed by atoms with Gasteiger partial charge in [-0.15, -0.1) is 0 Å². The van der Waals surface area contributed by atoms with Gasteiger partial charge in [-0.1, -0.05) is 0 Å². The first kappa shape index (κ1) is 7.21. The molecular formula is C6H10N2O2. The van der Waals surface area contributed by atoms with Gasteiger partial charge in [0.2, 0.25) is 11.8 Å². The van der Waals surface area contributed by atoms with E-state index in [0.717, 1.165) is 0 Å². The van der Waals surface area contributed by atoms with E-state index in [4.69, 9.17) is 5.73 Å². The minimum absolute atomic E-state index is 0.210. The molecule has 56 valence electrons. The highest BCUT2D eigenvalue weighted by atomic mass is 16.2. The molecule has 4 heteroatoms. The molecule has 1 rings (SSSR count). The van der Waals surface area contributed by atoms with Crippen LogP contribution in [-0.2, 0) is 9.59 Å². The number of carbonyl (C=O) groups excluding carboxylic acids is 2. The van der Waals surface area contributed by atoms with Gasteiger partial charge in [-0.2, -0.15) is 0 Å². The molecule has 2 amide bonds. The van der Waals surface area contributed by atoms with Crippen LogP contribution in [0.4, 0.5) is 0 Å². The van der Waals surface area contributed by atoms with Crippen molar-refractivity contribution in [3.05, 3.63) is 0 Å². The molecule has 1 fully saturated rings. The first-order chi connectivity index (χ1) is 4.70. The molecule has 0 aromatic carbocycles. The largest absolute Gasteiger partial charge is 0.320 e. The Bertz CT molecular complexity index is 167. The molecule has 0 spiro atoms. The van der Waals surface area contributed by atoms with Crippen molar-refractivity contribution in [1.29, 1.82) is 0 Å². The van der Waals surface area contributed by atoms with E-state index in [-0.39, 0.29) is 11.8 Å². The van der Waals surface area contributed by atoms with Crippen LogP contribution in [0.5, 0.6) is 0 Å². The molecule has 1 aliphatic rings. The standard InChI is InChI=1S/C6H10N2O2/c7-4-2-1-3-5(9)8-6(4)10/h4H,1-3,7H2,(H,8,9,10). The fraction of sp³-hybridized carbons (Fsp3) is 0.667. The molecule has 3 N–H and O–H groups in total. The summed E-state index contributed by atoms with van der Waals surface area (Å²) in [5, 5.41) is 2.19. The van der Waals surface area contributed by atoms with E-state index in [0.29, 0.717) is 19.3 Å². The average Bonchev–Trinajstić information content (AvgIpc) is 1.96. The summed E-state index contributed by atoms with van der Waals surface area (Å²) in [5.41, 5.74) is 5.38. The fourth-order valence-corrected chi connectivity index (χ4v) is 0.906. The second-order valence-electron chi connectivity index (χ2n) is 2.41. The highest BCUT2D eigenvalue weighted by molar-refractivity contribution is 5.98. The lowest BCUT2D eigenvalue weighted by molar-refractivity contribution is -0.130. The maximum Gasteiger partial charge on any atom is 0.243 e. The van der Waals surface area contributed by atoms with Crippen molar-refractivity contribution in [3.63, 3.8) is 0 Å². The predicted molar refractivity (Wildman–Crippen MR) is 35.0 cm³/mol. The highest BCUT2D eigenvalue weighted by Crippen LogP contribution is 2.03. The zero-order chi connectivity index (χ0) is 7.56.